The highest BCUT2D eigenvalue weighted by atomic mass is 16.1. The first-order valence-electron chi connectivity index (χ1n) is 8.62. The fourth-order valence-corrected chi connectivity index (χ4v) is 3.03. The van der Waals surface area contributed by atoms with Crippen LogP contribution in [0.3, 0.4) is 0 Å². The maximum Gasteiger partial charge on any atom is 0.270 e. The van der Waals surface area contributed by atoms with Gasteiger partial charge in [-0.2, -0.15) is 0 Å². The highest BCUT2D eigenvalue weighted by Gasteiger charge is 2.18. The lowest BCUT2D eigenvalue weighted by Gasteiger charge is -2.24. The highest BCUT2D eigenvalue weighted by Crippen LogP contribution is 2.18. The largest absolute Gasteiger partial charge is 0.357 e. The van der Waals surface area contributed by atoms with Crippen molar-refractivity contribution in [2.24, 2.45) is 0 Å². The van der Waals surface area contributed by atoms with Crippen molar-refractivity contribution in [2.75, 3.05) is 18.0 Å². The second kappa shape index (κ2) is 8.71. The van der Waals surface area contributed by atoms with Crippen LogP contribution in [0.25, 0.3) is 0 Å². The van der Waals surface area contributed by atoms with Gasteiger partial charge < -0.3 is 10.2 Å². The average Bonchev–Trinajstić information content (AvgIpc) is 2.56. The van der Waals surface area contributed by atoms with Crippen molar-refractivity contribution >= 4 is 11.7 Å². The van der Waals surface area contributed by atoms with E-state index in [0.29, 0.717) is 11.7 Å². The third-order valence-corrected chi connectivity index (χ3v) is 4.14. The van der Waals surface area contributed by atoms with E-state index in [9.17, 15) is 4.79 Å². The molecule has 1 amide bonds. The molecule has 1 aliphatic rings. The molecule has 22 heavy (non-hydrogen) atoms. The van der Waals surface area contributed by atoms with Gasteiger partial charge in [-0.05, 0) is 25.7 Å². The first-order valence-corrected chi connectivity index (χ1v) is 8.62. The van der Waals surface area contributed by atoms with Gasteiger partial charge in [0.15, 0.2) is 0 Å². The van der Waals surface area contributed by atoms with E-state index in [2.05, 4.69) is 34.0 Å². The number of nitrogens with zero attached hydrogens (tertiary/aromatic N) is 3. The molecule has 1 aromatic rings. The van der Waals surface area contributed by atoms with E-state index in [4.69, 9.17) is 0 Å². The summed E-state index contributed by atoms with van der Waals surface area (Å²) in [7, 11) is 0. The Labute approximate surface area is 133 Å². The number of rotatable bonds is 7. The van der Waals surface area contributed by atoms with Gasteiger partial charge in [-0.25, -0.2) is 9.97 Å². The van der Waals surface area contributed by atoms with Crippen molar-refractivity contribution in [1.29, 1.82) is 0 Å². The van der Waals surface area contributed by atoms with Crippen LogP contribution in [0.15, 0.2) is 12.4 Å². The van der Waals surface area contributed by atoms with Gasteiger partial charge in [0.1, 0.15) is 17.8 Å². The lowest BCUT2D eigenvalue weighted by Crippen LogP contribution is -2.36. The fourth-order valence-electron chi connectivity index (χ4n) is 3.03. The molecule has 0 aromatic carbocycles. The quantitative estimate of drug-likeness (QED) is 0.840. The number of anilines is 1. The first kappa shape index (κ1) is 16.7. The molecule has 1 aromatic heterocycles. The molecule has 1 heterocycles. The maximum atomic E-state index is 12.4. The molecular weight excluding hydrogens is 276 g/mol. The smallest absolute Gasteiger partial charge is 0.270 e. The molecule has 0 unspecified atom stereocenters. The second-order valence-corrected chi connectivity index (χ2v) is 6.06. The van der Waals surface area contributed by atoms with Gasteiger partial charge >= 0.3 is 0 Å². The maximum absolute atomic E-state index is 12.4. The summed E-state index contributed by atoms with van der Waals surface area (Å²) in [4.78, 5) is 23.1. The third-order valence-electron chi connectivity index (χ3n) is 4.14. The zero-order valence-corrected chi connectivity index (χ0v) is 13.8. The zero-order valence-electron chi connectivity index (χ0n) is 13.8. The van der Waals surface area contributed by atoms with Crippen molar-refractivity contribution in [2.45, 2.75) is 64.8 Å². The molecule has 5 nitrogen and oxygen atoms in total. The van der Waals surface area contributed by atoms with Crippen molar-refractivity contribution in [3.8, 4) is 0 Å². The Balaban J connectivity index is 2.04. The average molecular weight is 304 g/mol. The van der Waals surface area contributed by atoms with E-state index >= 15 is 0 Å². The summed E-state index contributed by atoms with van der Waals surface area (Å²) in [6, 6.07) is 2.13. The van der Waals surface area contributed by atoms with Crippen LogP contribution in [-0.2, 0) is 0 Å². The van der Waals surface area contributed by atoms with Gasteiger partial charge in [-0.1, -0.05) is 33.1 Å². The van der Waals surface area contributed by atoms with Crippen molar-refractivity contribution in [3.05, 3.63) is 18.1 Å². The van der Waals surface area contributed by atoms with Crippen LogP contribution in [0, 0.1) is 0 Å². The Hall–Kier alpha value is -1.65. The number of aromatic nitrogens is 2. The predicted octanol–water partition coefficient (Wildman–Crippen LogP) is 3.17. The summed E-state index contributed by atoms with van der Waals surface area (Å²) in [5.41, 5.74) is 0.479. The van der Waals surface area contributed by atoms with E-state index < -0.39 is 0 Å². The van der Waals surface area contributed by atoms with E-state index in [1.165, 1.54) is 25.6 Å². The minimum absolute atomic E-state index is 0.0662. The molecule has 2 rings (SSSR count). The number of nitrogens with one attached hydrogen (secondary N) is 1. The lowest BCUT2D eigenvalue weighted by molar-refractivity contribution is 0.0922. The summed E-state index contributed by atoms with van der Waals surface area (Å²) in [6.45, 7) is 6.21. The fraction of sp³-hybridized carbons (Fsp3) is 0.706. The Morgan fingerprint density at radius 2 is 1.86 bits per heavy atom. The van der Waals surface area contributed by atoms with Crippen molar-refractivity contribution in [3.63, 3.8) is 0 Å². The molecule has 0 aliphatic heterocycles. The van der Waals surface area contributed by atoms with Gasteiger partial charge in [0.25, 0.3) is 5.91 Å². The molecule has 1 aliphatic carbocycles. The summed E-state index contributed by atoms with van der Waals surface area (Å²) in [6.07, 6.45) is 9.50. The highest BCUT2D eigenvalue weighted by molar-refractivity contribution is 5.93. The molecule has 0 spiro atoms. The topological polar surface area (TPSA) is 58.1 Å². The predicted molar refractivity (Wildman–Crippen MR) is 89.2 cm³/mol. The normalized spacial score (nSPS) is 15.5. The summed E-state index contributed by atoms with van der Waals surface area (Å²) in [5, 5.41) is 3.12. The van der Waals surface area contributed by atoms with E-state index in [1.807, 2.05) is 6.07 Å². The molecule has 0 atom stereocenters. The van der Waals surface area contributed by atoms with E-state index in [-0.39, 0.29) is 5.91 Å². The van der Waals surface area contributed by atoms with Gasteiger partial charge in [0.05, 0.1) is 0 Å². The SMILES string of the molecule is CCCN(CCC)c1cc(C(=O)NC2CCCCC2)ncn1. The Bertz CT molecular complexity index is 465. The van der Waals surface area contributed by atoms with Crippen LogP contribution in [0.1, 0.15) is 69.3 Å². The van der Waals surface area contributed by atoms with Crippen molar-refractivity contribution in [1.82, 2.24) is 15.3 Å². The van der Waals surface area contributed by atoms with Gasteiger partial charge in [0.2, 0.25) is 0 Å². The number of hydrogen-bond donors (Lipinski definition) is 1. The molecule has 0 radical (unpaired) electrons. The van der Waals surface area contributed by atoms with Crippen LogP contribution in [0.2, 0.25) is 0 Å². The van der Waals surface area contributed by atoms with E-state index in [0.717, 1.165) is 44.6 Å². The van der Waals surface area contributed by atoms with Gasteiger partial charge in [0, 0.05) is 25.2 Å². The van der Waals surface area contributed by atoms with Crippen LogP contribution in [0.5, 0.6) is 0 Å². The number of carbonyl (C=O) groups excluding carboxylic acids is 1. The van der Waals surface area contributed by atoms with Crippen LogP contribution in [0.4, 0.5) is 5.82 Å². The first-order chi connectivity index (χ1) is 10.7. The minimum Gasteiger partial charge on any atom is -0.357 e. The summed E-state index contributed by atoms with van der Waals surface area (Å²) >= 11 is 0. The molecule has 0 saturated heterocycles. The Morgan fingerprint density at radius 3 is 2.50 bits per heavy atom. The molecule has 1 N–H and O–H groups in total. The van der Waals surface area contributed by atoms with Crippen LogP contribution in [-0.4, -0.2) is 35.0 Å². The molecule has 5 heteroatoms. The molecular formula is C17H28N4O. The van der Waals surface area contributed by atoms with Crippen molar-refractivity contribution < 1.29 is 4.79 Å². The Morgan fingerprint density at radius 1 is 1.18 bits per heavy atom. The molecule has 0 bridgehead atoms. The minimum atomic E-state index is -0.0662. The molecule has 122 valence electrons. The monoisotopic (exact) mass is 304 g/mol. The van der Waals surface area contributed by atoms with E-state index in [1.54, 1.807) is 0 Å². The molecule has 1 saturated carbocycles. The molecule has 1 fully saturated rings. The van der Waals surface area contributed by atoms with Gasteiger partial charge in [-0.3, -0.25) is 4.79 Å². The lowest BCUT2D eigenvalue weighted by atomic mass is 9.95. The number of hydrogen-bond acceptors (Lipinski definition) is 4. The Kier molecular flexibility index (Phi) is 6.62. The zero-order chi connectivity index (χ0) is 15.8. The van der Waals surface area contributed by atoms with Gasteiger partial charge in [-0.15, -0.1) is 0 Å². The van der Waals surface area contributed by atoms with Crippen LogP contribution < -0.4 is 10.2 Å². The standard InChI is InChI=1S/C17H28N4O/c1-3-10-21(11-4-2)16-12-15(18-13-19-16)17(22)20-14-8-6-5-7-9-14/h12-14H,3-11H2,1-2H3,(H,20,22). The second-order valence-electron chi connectivity index (χ2n) is 6.06. The third kappa shape index (κ3) is 4.68. The summed E-state index contributed by atoms with van der Waals surface area (Å²) in [5.74, 6) is 0.788. The number of carbonyl (C=O) groups is 1. The summed E-state index contributed by atoms with van der Waals surface area (Å²) < 4.78 is 0. The van der Waals surface area contributed by atoms with Crippen LogP contribution >= 0.6 is 0 Å². The number of amides is 1.